The standard InChI is InChI=1S/C27H30N6O6/c1-3-37-22-21(26-38-16(2)39-26)31-24(32-25(22)33-12-14-36-15-13-33)18-6-10-20(11-7-18)30-27(35)29-19-8-4-17(5-9-19)23(28)34/h4-11,16,26H,3,12-15H2,1-2H3,(H2,28,34)(H2,29,30,35). The summed E-state index contributed by atoms with van der Waals surface area (Å²) in [5.41, 5.74) is 7.99. The van der Waals surface area contributed by atoms with Crippen molar-refractivity contribution in [2.45, 2.75) is 26.4 Å². The van der Waals surface area contributed by atoms with Crippen LogP contribution in [0.3, 0.4) is 0 Å². The Hall–Kier alpha value is -4.26. The Bertz CT molecular complexity index is 1320. The zero-order valence-corrected chi connectivity index (χ0v) is 21.7. The van der Waals surface area contributed by atoms with Crippen LogP contribution in [-0.2, 0) is 14.2 Å². The molecular weight excluding hydrogens is 504 g/mol. The molecule has 1 aromatic heterocycles. The number of anilines is 3. The first kappa shape index (κ1) is 26.4. The van der Waals surface area contributed by atoms with Crippen molar-refractivity contribution < 1.29 is 28.5 Å². The molecule has 0 radical (unpaired) electrons. The maximum Gasteiger partial charge on any atom is 0.323 e. The van der Waals surface area contributed by atoms with E-state index in [0.29, 0.717) is 72.9 Å². The first-order chi connectivity index (χ1) is 18.9. The average molecular weight is 535 g/mol. The Labute approximate surface area is 225 Å². The lowest BCUT2D eigenvalue weighted by Crippen LogP contribution is -2.38. The highest BCUT2D eigenvalue weighted by Crippen LogP contribution is 2.41. The molecule has 39 heavy (non-hydrogen) atoms. The number of amides is 3. The number of hydrogen-bond acceptors (Lipinski definition) is 9. The summed E-state index contributed by atoms with van der Waals surface area (Å²) in [5.74, 6) is 1.15. The quantitative estimate of drug-likeness (QED) is 0.394. The van der Waals surface area contributed by atoms with Gasteiger partial charge in [0.05, 0.1) is 19.8 Å². The molecule has 2 aliphatic heterocycles. The highest BCUT2D eigenvalue weighted by molar-refractivity contribution is 6.00. The highest BCUT2D eigenvalue weighted by atomic mass is 16.9. The topological polar surface area (TPSA) is 150 Å². The van der Waals surface area contributed by atoms with Crippen LogP contribution in [0.2, 0.25) is 0 Å². The van der Waals surface area contributed by atoms with Crippen LogP contribution in [0, 0.1) is 0 Å². The van der Waals surface area contributed by atoms with Crippen molar-refractivity contribution in [1.82, 2.24) is 9.97 Å². The van der Waals surface area contributed by atoms with Gasteiger partial charge in [0.2, 0.25) is 12.2 Å². The maximum atomic E-state index is 12.5. The van der Waals surface area contributed by atoms with Gasteiger partial charge in [-0.25, -0.2) is 14.8 Å². The van der Waals surface area contributed by atoms with Crippen LogP contribution in [0.25, 0.3) is 11.4 Å². The molecule has 4 N–H and O–H groups in total. The number of nitrogens with one attached hydrogen (secondary N) is 2. The highest BCUT2D eigenvalue weighted by Gasteiger charge is 2.36. The number of urea groups is 1. The number of primary amides is 1. The first-order valence-electron chi connectivity index (χ1n) is 12.7. The molecule has 3 heterocycles. The summed E-state index contributed by atoms with van der Waals surface area (Å²) >= 11 is 0. The molecule has 5 rings (SSSR count). The predicted octanol–water partition coefficient (Wildman–Crippen LogP) is 3.51. The molecule has 0 spiro atoms. The van der Waals surface area contributed by atoms with Crippen molar-refractivity contribution in [1.29, 1.82) is 0 Å². The number of aromatic nitrogens is 2. The van der Waals surface area contributed by atoms with Crippen molar-refractivity contribution in [3.63, 3.8) is 0 Å². The lowest BCUT2D eigenvalue weighted by Gasteiger charge is -2.35. The van der Waals surface area contributed by atoms with Gasteiger partial charge in [0, 0.05) is 35.6 Å². The fourth-order valence-corrected chi connectivity index (χ4v) is 4.22. The number of morpholine rings is 1. The molecule has 12 heteroatoms. The van der Waals surface area contributed by atoms with Crippen molar-refractivity contribution in [2.75, 3.05) is 48.4 Å². The molecule has 0 bridgehead atoms. The average Bonchev–Trinajstić information content (AvgIpc) is 2.93. The van der Waals surface area contributed by atoms with Crippen LogP contribution in [0.4, 0.5) is 22.0 Å². The second kappa shape index (κ2) is 11.6. The Morgan fingerprint density at radius 2 is 1.62 bits per heavy atom. The third-order valence-electron chi connectivity index (χ3n) is 6.16. The first-order valence-corrected chi connectivity index (χ1v) is 12.7. The molecule has 2 aromatic carbocycles. The fraction of sp³-hybridized carbons (Fsp3) is 0.333. The Morgan fingerprint density at radius 3 is 2.18 bits per heavy atom. The lowest BCUT2D eigenvalue weighted by molar-refractivity contribution is -0.384. The number of rotatable bonds is 8. The van der Waals surface area contributed by atoms with Crippen LogP contribution in [-0.4, -0.2) is 61.1 Å². The second-order valence-corrected chi connectivity index (χ2v) is 8.89. The Morgan fingerprint density at radius 1 is 1.00 bits per heavy atom. The van der Waals surface area contributed by atoms with E-state index >= 15 is 0 Å². The molecule has 2 saturated heterocycles. The van der Waals surface area contributed by atoms with Gasteiger partial charge >= 0.3 is 6.03 Å². The molecule has 0 saturated carbocycles. The van der Waals surface area contributed by atoms with Crippen molar-refractivity contribution in [3.8, 4) is 17.1 Å². The minimum absolute atomic E-state index is 0.327. The van der Waals surface area contributed by atoms with Crippen LogP contribution in [0.1, 0.15) is 36.2 Å². The van der Waals surface area contributed by atoms with E-state index in [-0.39, 0.29) is 6.29 Å². The molecule has 0 atom stereocenters. The van der Waals surface area contributed by atoms with Crippen LogP contribution in [0.15, 0.2) is 48.5 Å². The lowest BCUT2D eigenvalue weighted by atomic mass is 10.1. The third kappa shape index (κ3) is 6.08. The van der Waals surface area contributed by atoms with E-state index in [1.165, 1.54) is 0 Å². The molecule has 3 amide bonds. The van der Waals surface area contributed by atoms with Gasteiger partial charge in [-0.1, -0.05) is 0 Å². The Balaban J connectivity index is 1.36. The summed E-state index contributed by atoms with van der Waals surface area (Å²) in [6.45, 7) is 6.68. The number of ether oxygens (including phenoxy) is 4. The SMILES string of the molecule is CCOc1c(C2OC(C)O2)nc(-c2ccc(NC(=O)Nc3ccc(C(N)=O)cc3)cc2)nc1N1CCOCC1. The van der Waals surface area contributed by atoms with E-state index in [1.807, 2.05) is 26.0 Å². The molecule has 0 aliphatic carbocycles. The van der Waals surface area contributed by atoms with Gasteiger partial charge in [-0.05, 0) is 62.4 Å². The van der Waals surface area contributed by atoms with Gasteiger partial charge in [-0.15, -0.1) is 0 Å². The molecule has 2 aliphatic rings. The normalized spacial score (nSPS) is 18.7. The van der Waals surface area contributed by atoms with Crippen molar-refractivity contribution in [2.24, 2.45) is 5.73 Å². The van der Waals surface area contributed by atoms with E-state index in [2.05, 4.69) is 15.5 Å². The molecule has 3 aromatic rings. The summed E-state index contributed by atoms with van der Waals surface area (Å²) in [6, 6.07) is 13.0. The molecular formula is C27H30N6O6. The van der Waals surface area contributed by atoms with E-state index in [1.54, 1.807) is 36.4 Å². The molecule has 204 valence electrons. The van der Waals surface area contributed by atoms with Gasteiger partial charge in [-0.3, -0.25) is 4.79 Å². The van der Waals surface area contributed by atoms with Crippen LogP contribution in [0.5, 0.6) is 5.75 Å². The zero-order chi connectivity index (χ0) is 27.4. The largest absolute Gasteiger partial charge is 0.488 e. The number of nitrogens with zero attached hydrogens (tertiary/aromatic N) is 3. The second-order valence-electron chi connectivity index (χ2n) is 8.89. The van der Waals surface area contributed by atoms with Gasteiger partial charge in [0.1, 0.15) is 5.69 Å². The smallest absolute Gasteiger partial charge is 0.323 e. The van der Waals surface area contributed by atoms with Crippen LogP contribution < -0.4 is 26.0 Å². The van der Waals surface area contributed by atoms with Crippen molar-refractivity contribution in [3.05, 3.63) is 59.8 Å². The van der Waals surface area contributed by atoms with E-state index in [0.717, 1.165) is 5.56 Å². The van der Waals surface area contributed by atoms with E-state index in [9.17, 15) is 9.59 Å². The summed E-state index contributed by atoms with van der Waals surface area (Å²) in [4.78, 5) is 35.4. The van der Waals surface area contributed by atoms with Crippen LogP contribution >= 0.6 is 0 Å². The van der Waals surface area contributed by atoms with Gasteiger partial charge in [0.15, 0.2) is 23.7 Å². The van der Waals surface area contributed by atoms with Crippen molar-refractivity contribution >= 4 is 29.1 Å². The van der Waals surface area contributed by atoms with Gasteiger partial charge < -0.3 is 40.2 Å². The number of benzene rings is 2. The Kier molecular flexibility index (Phi) is 7.87. The molecule has 12 nitrogen and oxygen atoms in total. The van der Waals surface area contributed by atoms with E-state index < -0.39 is 18.2 Å². The zero-order valence-electron chi connectivity index (χ0n) is 21.7. The number of nitrogens with two attached hydrogens (primary N) is 1. The summed E-state index contributed by atoms with van der Waals surface area (Å²) in [6.07, 6.45) is -0.975. The third-order valence-corrected chi connectivity index (χ3v) is 6.16. The minimum Gasteiger partial charge on any atom is -0.488 e. The van der Waals surface area contributed by atoms with Gasteiger partial charge in [-0.2, -0.15) is 0 Å². The van der Waals surface area contributed by atoms with Gasteiger partial charge in [0.25, 0.3) is 0 Å². The predicted molar refractivity (Wildman–Crippen MR) is 144 cm³/mol. The minimum atomic E-state index is -0.648. The summed E-state index contributed by atoms with van der Waals surface area (Å²) in [5, 5.41) is 5.50. The van der Waals surface area contributed by atoms with E-state index in [4.69, 9.17) is 34.6 Å². The summed E-state index contributed by atoms with van der Waals surface area (Å²) < 4.78 is 23.0. The monoisotopic (exact) mass is 534 g/mol. The number of carbonyl (C=O) groups excluding carboxylic acids is 2. The number of hydrogen-bond donors (Lipinski definition) is 3. The molecule has 0 unspecified atom stereocenters. The fourth-order valence-electron chi connectivity index (χ4n) is 4.22. The maximum absolute atomic E-state index is 12.5. The molecule has 2 fully saturated rings. The summed E-state index contributed by atoms with van der Waals surface area (Å²) in [7, 11) is 0. The number of carbonyl (C=O) groups is 2.